The Labute approximate surface area is 139 Å². The molecule has 4 heteroatoms. The largest absolute Gasteiger partial charge is 0.444 e. The molecular formula is C19H31NO3. The highest BCUT2D eigenvalue weighted by Crippen LogP contribution is 2.48. The Bertz CT molecular complexity index is 462. The summed E-state index contributed by atoms with van der Waals surface area (Å²) in [6.07, 6.45) is 9.78. The molecule has 3 aliphatic rings. The zero-order valence-corrected chi connectivity index (χ0v) is 14.8. The van der Waals surface area contributed by atoms with Gasteiger partial charge in [-0.3, -0.25) is 9.69 Å². The van der Waals surface area contributed by atoms with Crippen molar-refractivity contribution in [1.82, 2.24) is 4.90 Å². The van der Waals surface area contributed by atoms with E-state index in [4.69, 9.17) is 4.74 Å². The van der Waals surface area contributed by atoms with Gasteiger partial charge in [0, 0.05) is 12.5 Å². The Balaban J connectivity index is 1.55. The molecule has 0 unspecified atom stereocenters. The van der Waals surface area contributed by atoms with Crippen LogP contribution in [0.4, 0.5) is 4.79 Å². The van der Waals surface area contributed by atoms with Crippen molar-refractivity contribution in [2.24, 2.45) is 11.8 Å². The average molecular weight is 321 g/mol. The van der Waals surface area contributed by atoms with E-state index < -0.39 is 5.60 Å². The van der Waals surface area contributed by atoms with E-state index in [0.29, 0.717) is 12.3 Å². The molecule has 1 saturated heterocycles. The number of Topliss-reactive ketones (excluding diaryl/α,β-unsaturated/α-hetero) is 1. The highest BCUT2D eigenvalue weighted by molar-refractivity contribution is 5.88. The van der Waals surface area contributed by atoms with Crippen LogP contribution in [0.15, 0.2) is 0 Å². The molecule has 1 aliphatic heterocycles. The van der Waals surface area contributed by atoms with E-state index in [0.717, 1.165) is 25.2 Å². The molecule has 1 amide bonds. The minimum absolute atomic E-state index is 0.225. The van der Waals surface area contributed by atoms with Crippen molar-refractivity contribution in [3.05, 3.63) is 0 Å². The van der Waals surface area contributed by atoms with Crippen LogP contribution in [0.2, 0.25) is 0 Å². The predicted molar refractivity (Wildman–Crippen MR) is 89.2 cm³/mol. The Morgan fingerprint density at radius 3 is 2.43 bits per heavy atom. The van der Waals surface area contributed by atoms with Crippen LogP contribution in [-0.2, 0) is 9.53 Å². The summed E-state index contributed by atoms with van der Waals surface area (Å²) in [5.74, 6) is 1.51. The molecule has 0 aromatic rings. The number of fused-ring (bicyclic) bond motifs is 1. The molecule has 130 valence electrons. The van der Waals surface area contributed by atoms with Crippen molar-refractivity contribution in [1.29, 1.82) is 0 Å². The van der Waals surface area contributed by atoms with Gasteiger partial charge in [-0.05, 0) is 51.9 Å². The van der Waals surface area contributed by atoms with Gasteiger partial charge in [0.2, 0.25) is 0 Å². The summed E-state index contributed by atoms with van der Waals surface area (Å²) in [7, 11) is 0. The highest BCUT2D eigenvalue weighted by Gasteiger charge is 2.56. The Kier molecular flexibility index (Phi) is 4.70. The molecule has 4 nitrogen and oxygen atoms in total. The van der Waals surface area contributed by atoms with Gasteiger partial charge in [-0.1, -0.05) is 32.1 Å². The topological polar surface area (TPSA) is 46.6 Å². The third kappa shape index (κ3) is 4.07. The number of amides is 1. The van der Waals surface area contributed by atoms with Crippen molar-refractivity contribution in [2.75, 3.05) is 0 Å². The van der Waals surface area contributed by atoms with Crippen LogP contribution >= 0.6 is 0 Å². The van der Waals surface area contributed by atoms with Crippen LogP contribution in [0.3, 0.4) is 0 Å². The number of carbonyl (C=O) groups is 2. The van der Waals surface area contributed by atoms with Crippen LogP contribution in [0, 0.1) is 11.8 Å². The molecule has 3 atom stereocenters. The van der Waals surface area contributed by atoms with Crippen LogP contribution in [0.5, 0.6) is 0 Å². The Morgan fingerprint density at radius 2 is 1.78 bits per heavy atom. The molecule has 23 heavy (non-hydrogen) atoms. The van der Waals surface area contributed by atoms with Gasteiger partial charge in [-0.2, -0.15) is 0 Å². The van der Waals surface area contributed by atoms with Gasteiger partial charge in [0.05, 0.1) is 6.04 Å². The maximum absolute atomic E-state index is 12.7. The summed E-state index contributed by atoms with van der Waals surface area (Å²) in [6, 6.07) is 0.0330. The standard InChI is InChI=1S/C19H31NO3/c1-19(2,3)23-18(22)20-15-11-14(15)12-16(20)17(21)10-9-13-7-5-4-6-8-13/h13-16H,4-12H2,1-3H3/t14-,15-,16+/m1/s1. The number of hydrogen-bond donors (Lipinski definition) is 0. The predicted octanol–water partition coefficient (Wildman–Crippen LogP) is 4.31. The lowest BCUT2D eigenvalue weighted by Gasteiger charge is -2.30. The zero-order chi connectivity index (χ0) is 16.6. The third-order valence-electron chi connectivity index (χ3n) is 5.60. The number of carbonyl (C=O) groups excluding carboxylic acids is 2. The van der Waals surface area contributed by atoms with E-state index in [2.05, 4.69) is 0 Å². The number of likely N-dealkylation sites (tertiary alicyclic amines) is 1. The second-order valence-corrected chi connectivity index (χ2v) is 8.71. The zero-order valence-electron chi connectivity index (χ0n) is 14.8. The lowest BCUT2D eigenvalue weighted by atomic mass is 9.85. The monoisotopic (exact) mass is 321 g/mol. The second-order valence-electron chi connectivity index (χ2n) is 8.71. The first-order chi connectivity index (χ1) is 10.8. The summed E-state index contributed by atoms with van der Waals surface area (Å²) in [5.41, 5.74) is -0.500. The molecular weight excluding hydrogens is 290 g/mol. The SMILES string of the molecule is CC(C)(C)OC(=O)N1[C@@H]2C[C@@H]2C[C@H]1C(=O)CCC1CCCCC1. The van der Waals surface area contributed by atoms with Crippen molar-refractivity contribution in [3.8, 4) is 0 Å². The van der Waals surface area contributed by atoms with Crippen LogP contribution in [0.1, 0.15) is 78.6 Å². The minimum Gasteiger partial charge on any atom is -0.444 e. The van der Waals surface area contributed by atoms with E-state index >= 15 is 0 Å². The van der Waals surface area contributed by atoms with Gasteiger partial charge in [0.15, 0.2) is 5.78 Å². The molecule has 0 radical (unpaired) electrons. The van der Waals surface area contributed by atoms with Crippen LogP contribution < -0.4 is 0 Å². The van der Waals surface area contributed by atoms with Crippen molar-refractivity contribution < 1.29 is 14.3 Å². The van der Waals surface area contributed by atoms with Gasteiger partial charge in [0.25, 0.3) is 0 Å². The lowest BCUT2D eigenvalue weighted by Crippen LogP contribution is -2.45. The van der Waals surface area contributed by atoms with Crippen molar-refractivity contribution >= 4 is 11.9 Å². The molecule has 3 rings (SSSR count). The quantitative estimate of drug-likeness (QED) is 0.775. The molecule has 0 aromatic heterocycles. The van der Waals surface area contributed by atoms with E-state index in [9.17, 15) is 9.59 Å². The fraction of sp³-hybridized carbons (Fsp3) is 0.895. The number of hydrogen-bond acceptors (Lipinski definition) is 3. The first-order valence-electron chi connectivity index (χ1n) is 9.39. The van der Waals surface area contributed by atoms with Gasteiger partial charge in [-0.25, -0.2) is 4.79 Å². The van der Waals surface area contributed by atoms with Gasteiger partial charge in [0.1, 0.15) is 5.60 Å². The number of rotatable bonds is 4. The maximum Gasteiger partial charge on any atom is 0.411 e. The van der Waals surface area contributed by atoms with Gasteiger partial charge < -0.3 is 4.74 Å². The van der Waals surface area contributed by atoms with Crippen molar-refractivity contribution in [2.45, 2.75) is 96.2 Å². The summed E-state index contributed by atoms with van der Waals surface area (Å²) < 4.78 is 5.53. The fourth-order valence-electron chi connectivity index (χ4n) is 4.31. The van der Waals surface area contributed by atoms with Gasteiger partial charge in [-0.15, -0.1) is 0 Å². The smallest absolute Gasteiger partial charge is 0.411 e. The summed E-state index contributed by atoms with van der Waals surface area (Å²) >= 11 is 0. The molecule has 0 bridgehead atoms. The molecule has 2 aliphatic carbocycles. The Hall–Kier alpha value is -1.06. The van der Waals surface area contributed by atoms with Crippen LogP contribution in [0.25, 0.3) is 0 Å². The van der Waals surface area contributed by atoms with E-state index in [1.165, 1.54) is 32.1 Å². The normalized spacial score (nSPS) is 30.9. The summed E-state index contributed by atoms with van der Waals surface area (Å²) in [4.78, 5) is 26.9. The van der Waals surface area contributed by atoms with E-state index in [1.54, 1.807) is 4.90 Å². The lowest BCUT2D eigenvalue weighted by molar-refractivity contribution is -0.124. The van der Waals surface area contributed by atoms with E-state index in [-0.39, 0.29) is 24.0 Å². The molecule has 1 heterocycles. The molecule has 2 saturated carbocycles. The summed E-state index contributed by atoms with van der Waals surface area (Å²) in [5, 5.41) is 0. The fourth-order valence-corrected chi connectivity index (χ4v) is 4.31. The summed E-state index contributed by atoms with van der Waals surface area (Å²) in [6.45, 7) is 5.64. The molecule has 0 aromatic carbocycles. The Morgan fingerprint density at radius 1 is 1.09 bits per heavy atom. The first kappa shape index (κ1) is 16.8. The highest BCUT2D eigenvalue weighted by atomic mass is 16.6. The van der Waals surface area contributed by atoms with Crippen molar-refractivity contribution in [3.63, 3.8) is 0 Å². The van der Waals surface area contributed by atoms with Gasteiger partial charge >= 0.3 is 6.09 Å². The van der Waals surface area contributed by atoms with Crippen LogP contribution in [-0.4, -0.2) is 34.5 Å². The average Bonchev–Trinajstić information content (AvgIpc) is 3.14. The second kappa shape index (κ2) is 6.45. The molecule has 0 N–H and O–H groups in total. The minimum atomic E-state index is -0.500. The number of ether oxygens (including phenoxy) is 1. The first-order valence-corrected chi connectivity index (χ1v) is 9.39. The molecule has 3 fully saturated rings. The maximum atomic E-state index is 12.7. The van der Waals surface area contributed by atoms with E-state index in [1.807, 2.05) is 20.8 Å². The third-order valence-corrected chi connectivity index (χ3v) is 5.60. The number of ketones is 1. The number of nitrogens with zero attached hydrogens (tertiary/aromatic N) is 1. The number of piperidine rings is 1. The molecule has 0 spiro atoms.